The molecule has 0 saturated carbocycles. The first-order valence-electron chi connectivity index (χ1n) is 7.55. The Morgan fingerprint density at radius 1 is 1.11 bits per heavy atom. The van der Waals surface area contributed by atoms with Crippen LogP contribution in [0.5, 0.6) is 0 Å². The molecule has 0 aromatic rings. The lowest BCUT2D eigenvalue weighted by Crippen LogP contribution is -2.48. The fourth-order valence-electron chi connectivity index (χ4n) is 3.08. The van der Waals surface area contributed by atoms with Gasteiger partial charge in [0.05, 0.1) is 6.61 Å². The zero-order chi connectivity index (χ0) is 13.7. The normalized spacial score (nSPS) is 26.0. The topological polar surface area (TPSA) is 47.0 Å². The van der Waals surface area contributed by atoms with E-state index in [0.717, 1.165) is 58.7 Å². The van der Waals surface area contributed by atoms with Crippen LogP contribution in [0.1, 0.15) is 26.2 Å². The van der Waals surface area contributed by atoms with Gasteiger partial charge in [0, 0.05) is 58.3 Å². The molecule has 19 heavy (non-hydrogen) atoms. The third kappa shape index (κ3) is 4.16. The Bertz CT molecular complexity index is 290. The number of carbonyl (C=O) groups excluding carboxylic acids is 1. The van der Waals surface area contributed by atoms with Crippen molar-refractivity contribution in [3.8, 4) is 0 Å². The molecule has 2 fully saturated rings. The number of rotatable bonds is 5. The van der Waals surface area contributed by atoms with Crippen LogP contribution in [-0.4, -0.2) is 84.2 Å². The Balaban J connectivity index is 1.65. The standard InChI is InChI=1S/C14H27N3O2/c1-13-3-2-5-17(13)14(19)4-6-15-7-9-16(10-8-15)11-12-18/h13,18H,2-12H2,1H3. The van der Waals surface area contributed by atoms with E-state index in [0.29, 0.717) is 18.4 Å². The number of likely N-dealkylation sites (tertiary alicyclic amines) is 1. The van der Waals surface area contributed by atoms with Gasteiger partial charge in [-0.05, 0) is 19.8 Å². The Morgan fingerprint density at radius 2 is 1.74 bits per heavy atom. The van der Waals surface area contributed by atoms with E-state index in [1.807, 2.05) is 4.90 Å². The molecular formula is C14H27N3O2. The lowest BCUT2D eigenvalue weighted by Gasteiger charge is -2.34. The van der Waals surface area contributed by atoms with Gasteiger partial charge in [-0.2, -0.15) is 0 Å². The highest BCUT2D eigenvalue weighted by Gasteiger charge is 2.25. The molecule has 0 aliphatic carbocycles. The van der Waals surface area contributed by atoms with E-state index in [2.05, 4.69) is 16.7 Å². The van der Waals surface area contributed by atoms with Gasteiger partial charge in [-0.3, -0.25) is 9.69 Å². The zero-order valence-corrected chi connectivity index (χ0v) is 12.1. The summed E-state index contributed by atoms with van der Waals surface area (Å²) in [6.45, 7) is 9.05. The summed E-state index contributed by atoms with van der Waals surface area (Å²) in [5.74, 6) is 0.322. The van der Waals surface area contributed by atoms with Crippen LogP contribution in [0.2, 0.25) is 0 Å². The number of aliphatic hydroxyl groups is 1. The summed E-state index contributed by atoms with van der Waals surface area (Å²) >= 11 is 0. The lowest BCUT2D eigenvalue weighted by molar-refractivity contribution is -0.132. The van der Waals surface area contributed by atoms with Gasteiger partial charge < -0.3 is 14.9 Å². The Morgan fingerprint density at radius 3 is 2.26 bits per heavy atom. The first kappa shape index (κ1) is 14.8. The van der Waals surface area contributed by atoms with Gasteiger partial charge in [-0.15, -0.1) is 0 Å². The quantitative estimate of drug-likeness (QED) is 0.763. The minimum absolute atomic E-state index is 0.241. The lowest BCUT2D eigenvalue weighted by atomic mass is 10.2. The second-order valence-electron chi connectivity index (χ2n) is 5.74. The average Bonchev–Trinajstić information content (AvgIpc) is 2.84. The van der Waals surface area contributed by atoms with Crippen molar-refractivity contribution in [2.24, 2.45) is 0 Å². The van der Waals surface area contributed by atoms with Crippen LogP contribution in [0.3, 0.4) is 0 Å². The number of carbonyl (C=O) groups is 1. The van der Waals surface area contributed by atoms with Crippen LogP contribution in [0.4, 0.5) is 0 Å². The summed E-state index contributed by atoms with van der Waals surface area (Å²) < 4.78 is 0. The van der Waals surface area contributed by atoms with Crippen molar-refractivity contribution in [3.63, 3.8) is 0 Å². The average molecular weight is 269 g/mol. The maximum absolute atomic E-state index is 12.1. The van der Waals surface area contributed by atoms with E-state index in [-0.39, 0.29) is 6.61 Å². The summed E-state index contributed by atoms with van der Waals surface area (Å²) in [7, 11) is 0. The molecule has 2 aliphatic rings. The summed E-state index contributed by atoms with van der Waals surface area (Å²) in [5, 5.41) is 8.90. The fraction of sp³-hybridized carbons (Fsp3) is 0.929. The number of piperazine rings is 1. The molecule has 2 aliphatic heterocycles. The molecule has 1 amide bonds. The maximum Gasteiger partial charge on any atom is 0.224 e. The first-order chi connectivity index (χ1) is 9.20. The van der Waals surface area contributed by atoms with Crippen LogP contribution < -0.4 is 0 Å². The molecule has 0 bridgehead atoms. The first-order valence-corrected chi connectivity index (χ1v) is 7.55. The third-order valence-corrected chi connectivity index (χ3v) is 4.40. The fourth-order valence-corrected chi connectivity index (χ4v) is 3.08. The number of hydrogen-bond acceptors (Lipinski definition) is 4. The predicted molar refractivity (Wildman–Crippen MR) is 75.0 cm³/mol. The second-order valence-corrected chi connectivity index (χ2v) is 5.74. The second kappa shape index (κ2) is 7.22. The summed E-state index contributed by atoms with van der Waals surface area (Å²) in [6, 6.07) is 0.439. The largest absolute Gasteiger partial charge is 0.395 e. The molecule has 2 rings (SSSR count). The maximum atomic E-state index is 12.1. The molecule has 5 nitrogen and oxygen atoms in total. The van der Waals surface area contributed by atoms with Crippen molar-refractivity contribution < 1.29 is 9.90 Å². The third-order valence-electron chi connectivity index (χ3n) is 4.40. The Hall–Kier alpha value is -0.650. The molecule has 0 radical (unpaired) electrons. The summed E-state index contributed by atoms with van der Waals surface area (Å²) in [4.78, 5) is 18.8. The van der Waals surface area contributed by atoms with Gasteiger partial charge in [-0.1, -0.05) is 0 Å². The van der Waals surface area contributed by atoms with Crippen LogP contribution in [0.25, 0.3) is 0 Å². The minimum Gasteiger partial charge on any atom is -0.395 e. The van der Waals surface area contributed by atoms with Crippen LogP contribution in [0.15, 0.2) is 0 Å². The van der Waals surface area contributed by atoms with E-state index >= 15 is 0 Å². The van der Waals surface area contributed by atoms with Crippen LogP contribution >= 0.6 is 0 Å². The molecule has 110 valence electrons. The number of β-amino-alcohol motifs (C(OH)–C–C–N with tert-alkyl or cyclic N) is 1. The Labute approximate surface area is 116 Å². The van der Waals surface area contributed by atoms with E-state index in [9.17, 15) is 4.79 Å². The highest BCUT2D eigenvalue weighted by molar-refractivity contribution is 5.77. The zero-order valence-electron chi connectivity index (χ0n) is 12.1. The molecule has 0 aromatic heterocycles. The molecule has 1 unspecified atom stereocenters. The van der Waals surface area contributed by atoms with Gasteiger partial charge >= 0.3 is 0 Å². The van der Waals surface area contributed by atoms with Crippen molar-refractivity contribution in [1.29, 1.82) is 0 Å². The van der Waals surface area contributed by atoms with E-state index in [1.54, 1.807) is 0 Å². The Kier molecular flexibility index (Phi) is 5.60. The molecule has 2 heterocycles. The van der Waals surface area contributed by atoms with Gasteiger partial charge in [0.1, 0.15) is 0 Å². The van der Waals surface area contributed by atoms with Gasteiger partial charge in [-0.25, -0.2) is 0 Å². The van der Waals surface area contributed by atoms with E-state index in [1.165, 1.54) is 0 Å². The van der Waals surface area contributed by atoms with Gasteiger partial charge in [0.25, 0.3) is 0 Å². The molecule has 0 aromatic carbocycles. The smallest absolute Gasteiger partial charge is 0.224 e. The molecule has 0 spiro atoms. The molecular weight excluding hydrogens is 242 g/mol. The van der Waals surface area contributed by atoms with Crippen molar-refractivity contribution in [2.75, 3.05) is 52.4 Å². The van der Waals surface area contributed by atoms with Gasteiger partial charge in [0.2, 0.25) is 5.91 Å². The van der Waals surface area contributed by atoms with Crippen LogP contribution in [0, 0.1) is 0 Å². The molecule has 5 heteroatoms. The predicted octanol–water partition coefficient (Wildman–Crippen LogP) is -0.00270. The number of amides is 1. The monoisotopic (exact) mass is 269 g/mol. The van der Waals surface area contributed by atoms with E-state index in [4.69, 9.17) is 5.11 Å². The SMILES string of the molecule is CC1CCCN1C(=O)CCN1CCN(CCO)CC1. The molecule has 1 atom stereocenters. The molecule has 2 saturated heterocycles. The highest BCUT2D eigenvalue weighted by Crippen LogP contribution is 2.17. The summed E-state index contributed by atoms with van der Waals surface area (Å²) in [5.41, 5.74) is 0. The molecule has 1 N–H and O–H groups in total. The summed E-state index contributed by atoms with van der Waals surface area (Å²) in [6.07, 6.45) is 2.97. The van der Waals surface area contributed by atoms with Crippen LogP contribution in [-0.2, 0) is 4.79 Å². The van der Waals surface area contributed by atoms with Crippen molar-refractivity contribution in [3.05, 3.63) is 0 Å². The number of nitrogens with zero attached hydrogens (tertiary/aromatic N) is 3. The van der Waals surface area contributed by atoms with Crippen molar-refractivity contribution >= 4 is 5.91 Å². The van der Waals surface area contributed by atoms with E-state index < -0.39 is 0 Å². The minimum atomic E-state index is 0.241. The highest BCUT2D eigenvalue weighted by atomic mass is 16.3. The van der Waals surface area contributed by atoms with Crippen molar-refractivity contribution in [2.45, 2.75) is 32.2 Å². The number of hydrogen-bond donors (Lipinski definition) is 1. The van der Waals surface area contributed by atoms with Crippen molar-refractivity contribution in [1.82, 2.24) is 14.7 Å². The van der Waals surface area contributed by atoms with Gasteiger partial charge in [0.15, 0.2) is 0 Å². The number of aliphatic hydroxyl groups excluding tert-OH is 1.